The molecule has 1 aliphatic rings. The zero-order chi connectivity index (χ0) is 10.9. The summed E-state index contributed by atoms with van der Waals surface area (Å²) in [5.41, 5.74) is 1.82. The molecule has 0 aromatic rings. The number of urea groups is 2. The van der Waals surface area contributed by atoms with Gasteiger partial charge in [0.1, 0.15) is 6.04 Å². The molecule has 7 heteroatoms. The normalized spacial score (nSPS) is 21.4. The van der Waals surface area contributed by atoms with Crippen molar-refractivity contribution in [3.63, 3.8) is 0 Å². The first-order valence-electron chi connectivity index (χ1n) is 4.13. The molecule has 1 saturated heterocycles. The molecule has 4 N–H and O–H groups in total. The Morgan fingerprint density at radius 3 is 2.57 bits per heavy atom. The van der Waals surface area contributed by atoms with Gasteiger partial charge < -0.3 is 0 Å². The van der Waals surface area contributed by atoms with Crippen LogP contribution in [-0.2, 0) is 4.79 Å². The average molecular weight is 200 g/mol. The number of hydrazine groups is 1. The highest BCUT2D eigenvalue weighted by molar-refractivity contribution is 6.11. The van der Waals surface area contributed by atoms with E-state index in [2.05, 4.69) is 0 Å². The number of hydrogen-bond acceptors (Lipinski definition) is 4. The third kappa shape index (κ3) is 1.53. The van der Waals surface area contributed by atoms with E-state index in [0.29, 0.717) is 0 Å². The van der Waals surface area contributed by atoms with Crippen LogP contribution in [0.3, 0.4) is 0 Å². The van der Waals surface area contributed by atoms with E-state index in [1.165, 1.54) is 0 Å². The van der Waals surface area contributed by atoms with E-state index in [1.54, 1.807) is 13.8 Å². The summed E-state index contributed by atoms with van der Waals surface area (Å²) < 4.78 is 0. The lowest BCUT2D eigenvalue weighted by molar-refractivity contribution is -0.122. The maximum Gasteiger partial charge on any atom is 0.340 e. The molecule has 0 radical (unpaired) electrons. The molecule has 1 fully saturated rings. The van der Waals surface area contributed by atoms with Crippen molar-refractivity contribution in [3.05, 3.63) is 0 Å². The summed E-state index contributed by atoms with van der Waals surface area (Å²) in [7, 11) is 0. The van der Waals surface area contributed by atoms with E-state index in [-0.39, 0.29) is 5.92 Å². The Bertz CT molecular complexity index is 289. The van der Waals surface area contributed by atoms with Gasteiger partial charge >= 0.3 is 12.1 Å². The van der Waals surface area contributed by atoms with E-state index in [0.717, 1.165) is 4.90 Å². The zero-order valence-electron chi connectivity index (χ0n) is 7.90. The molecule has 1 aliphatic heterocycles. The predicted octanol–water partition coefficient (Wildman–Crippen LogP) is -0.854. The number of imide groups is 2. The Kier molecular flexibility index (Phi) is 2.70. The monoisotopic (exact) mass is 200 g/mol. The van der Waals surface area contributed by atoms with Gasteiger partial charge in [-0.3, -0.25) is 15.5 Å². The summed E-state index contributed by atoms with van der Waals surface area (Å²) in [6, 6.07) is -2.31. The van der Waals surface area contributed by atoms with Crippen molar-refractivity contribution in [2.45, 2.75) is 19.9 Å². The standard InChI is InChI=1S/C7H12N4O3/c1-3(2)4-5(12)9-6(13)11(4)7(14)10-8/h3-4H,8H2,1-2H3,(H,10,14)(H,9,12,13). The quantitative estimate of drug-likeness (QED) is 0.222. The highest BCUT2D eigenvalue weighted by Crippen LogP contribution is 2.16. The summed E-state index contributed by atoms with van der Waals surface area (Å²) in [6.07, 6.45) is 0. The highest BCUT2D eigenvalue weighted by Gasteiger charge is 2.43. The molecule has 5 amide bonds. The lowest BCUT2D eigenvalue weighted by atomic mass is 10.0. The van der Waals surface area contributed by atoms with E-state index < -0.39 is 24.0 Å². The van der Waals surface area contributed by atoms with Gasteiger partial charge in [-0.25, -0.2) is 20.3 Å². The van der Waals surface area contributed by atoms with E-state index in [4.69, 9.17) is 5.84 Å². The molecular formula is C7H12N4O3. The van der Waals surface area contributed by atoms with E-state index in [1.807, 2.05) is 10.7 Å². The minimum Gasteiger partial charge on any atom is -0.276 e. The van der Waals surface area contributed by atoms with Crippen molar-refractivity contribution in [2.24, 2.45) is 11.8 Å². The van der Waals surface area contributed by atoms with Crippen LogP contribution in [0.15, 0.2) is 0 Å². The predicted molar refractivity (Wildman–Crippen MR) is 46.7 cm³/mol. The first-order valence-corrected chi connectivity index (χ1v) is 4.13. The van der Waals surface area contributed by atoms with Crippen molar-refractivity contribution in [1.82, 2.24) is 15.6 Å². The average Bonchev–Trinajstić information content (AvgIpc) is 2.39. The van der Waals surface area contributed by atoms with Crippen LogP contribution in [0.4, 0.5) is 9.59 Å². The molecule has 0 saturated carbocycles. The summed E-state index contributed by atoms with van der Waals surface area (Å²) >= 11 is 0. The van der Waals surface area contributed by atoms with Gasteiger partial charge in [0.05, 0.1) is 0 Å². The van der Waals surface area contributed by atoms with Crippen LogP contribution in [0, 0.1) is 5.92 Å². The SMILES string of the molecule is CC(C)C1C(=O)NC(=O)N1C(=O)NN. The number of nitrogens with zero attached hydrogens (tertiary/aromatic N) is 1. The van der Waals surface area contributed by atoms with Crippen molar-refractivity contribution in [2.75, 3.05) is 0 Å². The van der Waals surface area contributed by atoms with Gasteiger partial charge in [-0.1, -0.05) is 13.8 Å². The molecule has 7 nitrogen and oxygen atoms in total. The number of nitrogens with one attached hydrogen (secondary N) is 2. The van der Waals surface area contributed by atoms with Gasteiger partial charge in [0.2, 0.25) is 0 Å². The lowest BCUT2D eigenvalue weighted by Gasteiger charge is -2.21. The third-order valence-corrected chi connectivity index (χ3v) is 1.97. The van der Waals surface area contributed by atoms with Crippen LogP contribution in [0.1, 0.15) is 13.8 Å². The minimum atomic E-state index is -0.786. The Hall–Kier alpha value is -1.63. The van der Waals surface area contributed by atoms with E-state index >= 15 is 0 Å². The molecule has 0 aromatic heterocycles. The molecule has 0 aromatic carbocycles. The maximum atomic E-state index is 11.3. The molecule has 0 aliphatic carbocycles. The van der Waals surface area contributed by atoms with Crippen molar-refractivity contribution >= 4 is 18.0 Å². The Balaban J connectivity index is 2.95. The number of hydrogen-bond donors (Lipinski definition) is 3. The lowest BCUT2D eigenvalue weighted by Crippen LogP contribution is -2.50. The van der Waals surface area contributed by atoms with Crippen LogP contribution in [0.5, 0.6) is 0 Å². The van der Waals surface area contributed by atoms with Crippen LogP contribution >= 0.6 is 0 Å². The Morgan fingerprint density at radius 1 is 1.57 bits per heavy atom. The summed E-state index contributed by atoms with van der Waals surface area (Å²) in [4.78, 5) is 34.4. The fourth-order valence-electron chi connectivity index (χ4n) is 1.37. The molecule has 1 unspecified atom stereocenters. The largest absolute Gasteiger partial charge is 0.340 e. The Morgan fingerprint density at radius 2 is 2.14 bits per heavy atom. The second-order valence-corrected chi connectivity index (χ2v) is 3.30. The second-order valence-electron chi connectivity index (χ2n) is 3.30. The van der Waals surface area contributed by atoms with Gasteiger partial charge in [0.25, 0.3) is 5.91 Å². The van der Waals surface area contributed by atoms with Crippen LogP contribution in [-0.4, -0.2) is 28.9 Å². The summed E-state index contributed by atoms with van der Waals surface area (Å²) in [6.45, 7) is 3.47. The summed E-state index contributed by atoms with van der Waals surface area (Å²) in [5, 5.41) is 2.05. The number of nitrogens with two attached hydrogens (primary N) is 1. The molecule has 1 atom stereocenters. The van der Waals surface area contributed by atoms with Crippen molar-refractivity contribution in [1.29, 1.82) is 0 Å². The smallest absolute Gasteiger partial charge is 0.276 e. The minimum absolute atomic E-state index is 0.154. The fourth-order valence-corrected chi connectivity index (χ4v) is 1.37. The zero-order valence-corrected chi connectivity index (χ0v) is 7.90. The highest BCUT2D eigenvalue weighted by atomic mass is 16.2. The molecule has 14 heavy (non-hydrogen) atoms. The number of amides is 5. The maximum absolute atomic E-state index is 11.3. The molecular weight excluding hydrogens is 188 g/mol. The fraction of sp³-hybridized carbons (Fsp3) is 0.571. The molecule has 78 valence electrons. The summed E-state index contributed by atoms with van der Waals surface area (Å²) in [5.74, 6) is 4.26. The molecule has 0 spiro atoms. The van der Waals surface area contributed by atoms with Crippen molar-refractivity contribution in [3.8, 4) is 0 Å². The van der Waals surface area contributed by atoms with Gasteiger partial charge in [0.15, 0.2) is 0 Å². The Labute approximate surface area is 80.6 Å². The second kappa shape index (κ2) is 3.62. The first-order chi connectivity index (χ1) is 6.49. The van der Waals surface area contributed by atoms with Gasteiger partial charge in [-0.15, -0.1) is 0 Å². The topological polar surface area (TPSA) is 105 Å². The molecule has 1 rings (SSSR count). The third-order valence-electron chi connectivity index (χ3n) is 1.97. The van der Waals surface area contributed by atoms with Crippen LogP contribution in [0.2, 0.25) is 0 Å². The molecule has 0 bridgehead atoms. The number of carbonyl (C=O) groups is 3. The number of carbonyl (C=O) groups excluding carboxylic acids is 3. The van der Waals surface area contributed by atoms with Crippen molar-refractivity contribution < 1.29 is 14.4 Å². The van der Waals surface area contributed by atoms with Crippen LogP contribution in [0.25, 0.3) is 0 Å². The number of rotatable bonds is 1. The van der Waals surface area contributed by atoms with Crippen LogP contribution < -0.4 is 16.6 Å². The van der Waals surface area contributed by atoms with E-state index in [9.17, 15) is 14.4 Å². The molecule has 1 heterocycles. The van der Waals surface area contributed by atoms with Gasteiger partial charge in [0, 0.05) is 0 Å². The van der Waals surface area contributed by atoms with Gasteiger partial charge in [-0.2, -0.15) is 0 Å². The first kappa shape index (κ1) is 10.5. The van der Waals surface area contributed by atoms with Gasteiger partial charge in [-0.05, 0) is 5.92 Å².